The number of thiophene rings is 1. The summed E-state index contributed by atoms with van der Waals surface area (Å²) in [6.07, 6.45) is 1.12. The van der Waals surface area contributed by atoms with Crippen LogP contribution in [0, 0.1) is 0 Å². The molecule has 0 aromatic carbocycles. The first-order valence-corrected chi connectivity index (χ1v) is 7.02. The third-order valence-corrected chi connectivity index (χ3v) is 4.07. The Labute approximate surface area is 95.8 Å². The molecular formula is C7H7Br3S. The fourth-order valence-electron chi connectivity index (χ4n) is 0.841. The highest BCUT2D eigenvalue weighted by molar-refractivity contribution is 9.11. The monoisotopic (exact) mass is 360 g/mol. The number of rotatable bonds is 3. The Morgan fingerprint density at radius 1 is 1.36 bits per heavy atom. The molecule has 0 spiro atoms. The molecule has 0 aliphatic heterocycles. The lowest BCUT2D eigenvalue weighted by Crippen LogP contribution is -1.84. The van der Waals surface area contributed by atoms with E-state index in [4.69, 9.17) is 0 Å². The molecule has 1 aromatic heterocycles. The standard InChI is InChI=1S/C7H7Br3S/c8-2-1-6-5(4-9)3-7(10)11-6/h3H,1-2,4H2. The van der Waals surface area contributed by atoms with Crippen LogP contribution in [-0.2, 0) is 11.8 Å². The second kappa shape index (κ2) is 5.00. The predicted molar refractivity (Wildman–Crippen MR) is 62.1 cm³/mol. The number of halogens is 3. The first-order valence-electron chi connectivity index (χ1n) is 3.17. The molecule has 0 N–H and O–H groups in total. The lowest BCUT2D eigenvalue weighted by molar-refractivity contribution is 1.18. The molecule has 0 saturated carbocycles. The molecule has 62 valence electrons. The molecule has 0 amide bonds. The topological polar surface area (TPSA) is 0 Å². The molecule has 0 fully saturated rings. The molecule has 0 nitrogen and oxygen atoms in total. The van der Waals surface area contributed by atoms with Crippen LogP contribution in [0.5, 0.6) is 0 Å². The van der Waals surface area contributed by atoms with Crippen LogP contribution in [0.3, 0.4) is 0 Å². The van der Waals surface area contributed by atoms with Gasteiger partial charge in [0, 0.05) is 15.5 Å². The van der Waals surface area contributed by atoms with E-state index in [2.05, 4.69) is 53.9 Å². The maximum absolute atomic E-state index is 3.48. The van der Waals surface area contributed by atoms with Gasteiger partial charge in [-0.05, 0) is 34.0 Å². The molecule has 11 heavy (non-hydrogen) atoms. The Morgan fingerprint density at radius 2 is 2.09 bits per heavy atom. The van der Waals surface area contributed by atoms with E-state index in [1.807, 2.05) is 11.3 Å². The minimum Gasteiger partial charge on any atom is -0.133 e. The summed E-state index contributed by atoms with van der Waals surface area (Å²) in [5, 5.41) is 2.00. The van der Waals surface area contributed by atoms with Gasteiger partial charge in [-0.25, -0.2) is 0 Å². The zero-order valence-electron chi connectivity index (χ0n) is 5.74. The Kier molecular flexibility index (Phi) is 4.64. The smallest absolute Gasteiger partial charge is 0.0704 e. The van der Waals surface area contributed by atoms with Crippen molar-refractivity contribution in [3.05, 3.63) is 20.3 Å². The van der Waals surface area contributed by atoms with Gasteiger partial charge in [-0.1, -0.05) is 31.9 Å². The Hall–Kier alpha value is 1.14. The van der Waals surface area contributed by atoms with Crippen molar-refractivity contribution < 1.29 is 0 Å². The van der Waals surface area contributed by atoms with Crippen molar-refractivity contribution in [1.29, 1.82) is 0 Å². The van der Waals surface area contributed by atoms with Crippen molar-refractivity contribution >= 4 is 59.1 Å². The van der Waals surface area contributed by atoms with E-state index >= 15 is 0 Å². The van der Waals surface area contributed by atoms with Gasteiger partial charge in [0.15, 0.2) is 0 Å². The highest BCUT2D eigenvalue weighted by atomic mass is 79.9. The second-order valence-corrected chi connectivity index (χ2v) is 5.94. The van der Waals surface area contributed by atoms with Crippen LogP contribution in [0.15, 0.2) is 9.85 Å². The van der Waals surface area contributed by atoms with Crippen molar-refractivity contribution in [2.75, 3.05) is 5.33 Å². The first-order chi connectivity index (χ1) is 5.27. The maximum Gasteiger partial charge on any atom is 0.0704 e. The van der Waals surface area contributed by atoms with Crippen molar-refractivity contribution in [3.63, 3.8) is 0 Å². The summed E-state index contributed by atoms with van der Waals surface area (Å²) in [5.41, 5.74) is 1.40. The molecule has 0 aliphatic carbocycles. The third kappa shape index (κ3) is 2.83. The minimum absolute atomic E-state index is 0.956. The van der Waals surface area contributed by atoms with Crippen LogP contribution in [0.2, 0.25) is 0 Å². The largest absolute Gasteiger partial charge is 0.133 e. The van der Waals surface area contributed by atoms with E-state index in [1.165, 1.54) is 14.2 Å². The van der Waals surface area contributed by atoms with Gasteiger partial charge in [0.05, 0.1) is 3.79 Å². The van der Waals surface area contributed by atoms with E-state index in [1.54, 1.807) is 0 Å². The molecule has 0 unspecified atom stereocenters. The Morgan fingerprint density at radius 3 is 2.64 bits per heavy atom. The molecule has 0 atom stereocenters. The Bertz CT molecular complexity index is 232. The van der Waals surface area contributed by atoms with Gasteiger partial charge in [0.1, 0.15) is 0 Å². The van der Waals surface area contributed by atoms with Gasteiger partial charge in [-0.3, -0.25) is 0 Å². The van der Waals surface area contributed by atoms with Gasteiger partial charge in [-0.15, -0.1) is 11.3 Å². The SMILES string of the molecule is BrCCc1sc(Br)cc1CBr. The fraction of sp³-hybridized carbons (Fsp3) is 0.429. The Balaban J connectivity index is 2.83. The summed E-state index contributed by atoms with van der Waals surface area (Å²) in [5.74, 6) is 0. The fourth-order valence-corrected chi connectivity index (χ4v) is 3.95. The quantitative estimate of drug-likeness (QED) is 0.701. The van der Waals surface area contributed by atoms with Crippen LogP contribution < -0.4 is 0 Å². The second-order valence-electron chi connectivity index (χ2n) is 2.07. The molecule has 1 aromatic rings. The maximum atomic E-state index is 3.48. The zero-order chi connectivity index (χ0) is 8.27. The molecule has 1 rings (SSSR count). The molecule has 0 saturated heterocycles. The minimum atomic E-state index is 0.956. The lowest BCUT2D eigenvalue weighted by Gasteiger charge is -1.94. The lowest BCUT2D eigenvalue weighted by atomic mass is 10.2. The molecule has 0 radical (unpaired) electrons. The average molecular weight is 363 g/mol. The normalized spacial score (nSPS) is 10.5. The van der Waals surface area contributed by atoms with Crippen LogP contribution in [0.25, 0.3) is 0 Å². The third-order valence-electron chi connectivity index (χ3n) is 1.33. The van der Waals surface area contributed by atoms with E-state index in [9.17, 15) is 0 Å². The average Bonchev–Trinajstić information content (AvgIpc) is 2.32. The van der Waals surface area contributed by atoms with Crippen molar-refractivity contribution in [2.45, 2.75) is 11.8 Å². The molecule has 0 bridgehead atoms. The van der Waals surface area contributed by atoms with E-state index in [0.29, 0.717) is 0 Å². The van der Waals surface area contributed by atoms with E-state index in [-0.39, 0.29) is 0 Å². The highest BCUT2D eigenvalue weighted by Gasteiger charge is 2.04. The molecule has 0 aliphatic rings. The summed E-state index contributed by atoms with van der Waals surface area (Å²) in [4.78, 5) is 1.46. The first kappa shape index (κ1) is 10.2. The summed E-state index contributed by atoms with van der Waals surface area (Å²) in [6.45, 7) is 0. The van der Waals surface area contributed by atoms with Crippen molar-refractivity contribution in [3.8, 4) is 0 Å². The summed E-state index contributed by atoms with van der Waals surface area (Å²) in [6, 6.07) is 2.18. The van der Waals surface area contributed by atoms with Crippen LogP contribution in [-0.4, -0.2) is 5.33 Å². The van der Waals surface area contributed by atoms with Crippen molar-refractivity contribution in [1.82, 2.24) is 0 Å². The summed E-state index contributed by atoms with van der Waals surface area (Å²) >= 11 is 12.2. The van der Waals surface area contributed by atoms with Crippen LogP contribution in [0.1, 0.15) is 10.4 Å². The summed E-state index contributed by atoms with van der Waals surface area (Å²) < 4.78 is 1.22. The van der Waals surface area contributed by atoms with E-state index < -0.39 is 0 Å². The van der Waals surface area contributed by atoms with Gasteiger partial charge < -0.3 is 0 Å². The zero-order valence-corrected chi connectivity index (χ0v) is 11.3. The number of hydrogen-bond donors (Lipinski definition) is 0. The van der Waals surface area contributed by atoms with Gasteiger partial charge in [0.25, 0.3) is 0 Å². The summed E-state index contributed by atoms with van der Waals surface area (Å²) in [7, 11) is 0. The molecule has 4 heteroatoms. The molecule has 1 heterocycles. The molecular weight excluding hydrogens is 356 g/mol. The van der Waals surface area contributed by atoms with Crippen molar-refractivity contribution in [2.24, 2.45) is 0 Å². The number of alkyl halides is 2. The predicted octanol–water partition coefficient (Wildman–Crippen LogP) is 4.34. The highest BCUT2D eigenvalue weighted by Crippen LogP contribution is 2.29. The van der Waals surface area contributed by atoms with Gasteiger partial charge in [0.2, 0.25) is 0 Å². The van der Waals surface area contributed by atoms with Crippen LogP contribution in [0.4, 0.5) is 0 Å². The number of aryl methyl sites for hydroxylation is 1. The number of hydrogen-bond acceptors (Lipinski definition) is 1. The van der Waals surface area contributed by atoms with Crippen LogP contribution >= 0.6 is 59.1 Å². The van der Waals surface area contributed by atoms with E-state index in [0.717, 1.165) is 17.1 Å². The van der Waals surface area contributed by atoms with Gasteiger partial charge >= 0.3 is 0 Å². The van der Waals surface area contributed by atoms with Gasteiger partial charge in [-0.2, -0.15) is 0 Å².